The lowest BCUT2D eigenvalue weighted by molar-refractivity contribution is -0.132. The first-order chi connectivity index (χ1) is 13.5. The van der Waals surface area contributed by atoms with Gasteiger partial charge in [-0.2, -0.15) is 0 Å². The van der Waals surface area contributed by atoms with E-state index >= 15 is 0 Å². The Morgan fingerprint density at radius 2 is 2.25 bits per heavy atom. The number of hydrogen-bond donors (Lipinski definition) is 2. The third kappa shape index (κ3) is 4.42. The van der Waals surface area contributed by atoms with Gasteiger partial charge in [-0.25, -0.2) is 4.98 Å². The topological polar surface area (TPSA) is 87.3 Å². The van der Waals surface area contributed by atoms with Crippen LogP contribution in [-0.4, -0.2) is 50.7 Å². The van der Waals surface area contributed by atoms with E-state index in [0.29, 0.717) is 27.9 Å². The largest absolute Gasteiger partial charge is 0.496 e. The van der Waals surface area contributed by atoms with Crippen molar-refractivity contribution in [2.24, 2.45) is 0 Å². The molecular formula is C19H20N4O3S2. The van der Waals surface area contributed by atoms with Crippen LogP contribution in [-0.2, 0) is 16.0 Å². The number of H-pyrrole nitrogens is 1. The monoisotopic (exact) mass is 416 g/mol. The molecule has 0 radical (unpaired) electrons. The van der Waals surface area contributed by atoms with Gasteiger partial charge in [-0.1, -0.05) is 42.2 Å². The van der Waals surface area contributed by atoms with E-state index in [4.69, 9.17) is 17.0 Å². The van der Waals surface area contributed by atoms with Gasteiger partial charge in [-0.15, -0.1) is 0 Å². The molecule has 2 amide bonds. The van der Waals surface area contributed by atoms with Crippen LogP contribution in [0.4, 0.5) is 0 Å². The molecule has 0 unspecified atom stereocenters. The number of methoxy groups -OCH3 is 1. The second-order valence-electron chi connectivity index (χ2n) is 6.09. The van der Waals surface area contributed by atoms with Gasteiger partial charge in [0.15, 0.2) is 0 Å². The zero-order chi connectivity index (χ0) is 20.1. The summed E-state index contributed by atoms with van der Waals surface area (Å²) in [5, 5.41) is 2.83. The first-order valence-electron chi connectivity index (χ1n) is 8.66. The molecule has 3 rings (SSSR count). The number of imidazole rings is 1. The quantitative estimate of drug-likeness (QED) is 0.532. The van der Waals surface area contributed by atoms with Crippen LogP contribution in [0.3, 0.4) is 0 Å². The number of aromatic amines is 1. The van der Waals surface area contributed by atoms with Crippen molar-refractivity contribution >= 4 is 46.2 Å². The van der Waals surface area contributed by atoms with Gasteiger partial charge in [0.05, 0.1) is 18.3 Å². The highest BCUT2D eigenvalue weighted by molar-refractivity contribution is 8.26. The zero-order valence-corrected chi connectivity index (χ0v) is 17.1. The van der Waals surface area contributed by atoms with Crippen LogP contribution in [0.15, 0.2) is 41.7 Å². The van der Waals surface area contributed by atoms with Crippen molar-refractivity contribution in [3.63, 3.8) is 0 Å². The van der Waals surface area contributed by atoms with Crippen molar-refractivity contribution in [1.82, 2.24) is 20.2 Å². The number of benzene rings is 1. The van der Waals surface area contributed by atoms with Crippen LogP contribution >= 0.6 is 24.0 Å². The van der Waals surface area contributed by atoms with Crippen molar-refractivity contribution < 1.29 is 14.3 Å². The molecule has 9 heteroatoms. The molecule has 0 spiro atoms. The number of para-hydroxylation sites is 1. The molecule has 2 N–H and O–H groups in total. The lowest BCUT2D eigenvalue weighted by Gasteiger charge is -2.22. The summed E-state index contributed by atoms with van der Waals surface area (Å²) in [6, 6.07) is 6.71. The maximum absolute atomic E-state index is 12.8. The molecule has 1 aromatic heterocycles. The minimum absolute atomic E-state index is 0.255. The fourth-order valence-electron chi connectivity index (χ4n) is 2.75. The number of thiocarbonyl (C=S) groups is 1. The molecule has 1 saturated heterocycles. The van der Waals surface area contributed by atoms with Gasteiger partial charge in [0.2, 0.25) is 5.91 Å². The van der Waals surface area contributed by atoms with Crippen LogP contribution in [0.2, 0.25) is 0 Å². The van der Waals surface area contributed by atoms with Crippen molar-refractivity contribution in [2.75, 3.05) is 13.7 Å². The van der Waals surface area contributed by atoms with Crippen LogP contribution in [0.1, 0.15) is 18.2 Å². The van der Waals surface area contributed by atoms with Crippen LogP contribution in [0.5, 0.6) is 5.75 Å². The smallest absolute Gasteiger partial charge is 0.266 e. The summed E-state index contributed by atoms with van der Waals surface area (Å²) in [5.41, 5.74) is 1.71. The highest BCUT2D eigenvalue weighted by Gasteiger charge is 2.38. The molecule has 0 saturated carbocycles. The fourth-order valence-corrected chi connectivity index (χ4v) is 4.16. The summed E-state index contributed by atoms with van der Waals surface area (Å²) in [6.07, 6.45) is 5.67. The van der Waals surface area contributed by atoms with Gasteiger partial charge in [-0.3, -0.25) is 14.5 Å². The van der Waals surface area contributed by atoms with Gasteiger partial charge in [0.25, 0.3) is 5.91 Å². The third-order valence-corrected chi connectivity index (χ3v) is 5.59. The molecule has 0 aliphatic carbocycles. The van der Waals surface area contributed by atoms with Gasteiger partial charge in [0, 0.05) is 30.4 Å². The van der Waals surface area contributed by atoms with Crippen molar-refractivity contribution in [1.29, 1.82) is 0 Å². The number of rotatable bonds is 7. The maximum Gasteiger partial charge on any atom is 0.266 e. The van der Waals surface area contributed by atoms with E-state index in [-0.39, 0.29) is 11.8 Å². The number of carbonyl (C=O) groups is 2. The summed E-state index contributed by atoms with van der Waals surface area (Å²) >= 11 is 6.53. The van der Waals surface area contributed by atoms with E-state index in [1.54, 1.807) is 32.6 Å². The first-order valence-corrected chi connectivity index (χ1v) is 9.88. The Kier molecular flexibility index (Phi) is 6.48. The Bertz CT molecular complexity index is 912. The molecule has 2 heterocycles. The standard InChI is InChI=1S/C19H20N4O3S2/c1-12(17(24)21-8-7-14-10-20-11-22-14)23-18(25)16(28-19(23)27)9-13-5-3-4-6-15(13)26-2/h3-6,9-12H,7-8H2,1-2H3,(H,20,22)(H,21,24)/b16-9-/t12-/m1/s1. The summed E-state index contributed by atoms with van der Waals surface area (Å²) in [6.45, 7) is 2.11. The predicted molar refractivity (Wildman–Crippen MR) is 113 cm³/mol. The Balaban J connectivity index is 1.66. The second-order valence-corrected chi connectivity index (χ2v) is 7.76. The average Bonchev–Trinajstić information content (AvgIpc) is 3.30. The molecule has 1 aliphatic heterocycles. The Hall–Kier alpha value is -2.65. The van der Waals surface area contributed by atoms with Gasteiger partial charge < -0.3 is 15.0 Å². The molecular weight excluding hydrogens is 396 g/mol. The van der Waals surface area contributed by atoms with Crippen molar-refractivity contribution in [3.8, 4) is 5.75 Å². The number of nitrogens with zero attached hydrogens (tertiary/aromatic N) is 2. The normalized spacial score (nSPS) is 16.5. The second kappa shape index (κ2) is 9.03. The third-order valence-electron chi connectivity index (χ3n) is 4.26. The van der Waals surface area contributed by atoms with Crippen LogP contribution in [0.25, 0.3) is 6.08 Å². The summed E-state index contributed by atoms with van der Waals surface area (Å²) in [4.78, 5) is 34.1. The maximum atomic E-state index is 12.8. The molecule has 7 nitrogen and oxygen atoms in total. The molecule has 146 valence electrons. The van der Waals surface area contributed by atoms with E-state index in [0.717, 1.165) is 11.3 Å². The molecule has 28 heavy (non-hydrogen) atoms. The highest BCUT2D eigenvalue weighted by Crippen LogP contribution is 2.35. The molecule has 1 aliphatic rings. The van der Waals surface area contributed by atoms with Gasteiger partial charge in [0.1, 0.15) is 16.1 Å². The molecule has 2 aromatic rings. The number of nitrogens with one attached hydrogen (secondary N) is 2. The summed E-state index contributed by atoms with van der Waals surface area (Å²) in [7, 11) is 1.58. The van der Waals surface area contributed by atoms with Crippen molar-refractivity contribution in [3.05, 3.63) is 53.0 Å². The van der Waals surface area contributed by atoms with Crippen molar-refractivity contribution in [2.45, 2.75) is 19.4 Å². The zero-order valence-electron chi connectivity index (χ0n) is 15.5. The number of amides is 2. The lowest BCUT2D eigenvalue weighted by Crippen LogP contribution is -2.47. The number of aromatic nitrogens is 2. The molecule has 0 bridgehead atoms. The van der Waals surface area contributed by atoms with E-state index in [1.807, 2.05) is 24.3 Å². The van der Waals surface area contributed by atoms with Gasteiger partial charge >= 0.3 is 0 Å². The number of thioether (sulfide) groups is 1. The molecule has 1 aromatic carbocycles. The van der Waals surface area contributed by atoms with Crippen LogP contribution in [0, 0.1) is 0 Å². The number of carbonyl (C=O) groups excluding carboxylic acids is 2. The average molecular weight is 417 g/mol. The Morgan fingerprint density at radius 1 is 1.46 bits per heavy atom. The number of hydrogen-bond acceptors (Lipinski definition) is 6. The van der Waals surface area contributed by atoms with Crippen LogP contribution < -0.4 is 10.1 Å². The summed E-state index contributed by atoms with van der Waals surface area (Å²) in [5.74, 6) is 0.129. The highest BCUT2D eigenvalue weighted by atomic mass is 32.2. The Labute approximate surface area is 172 Å². The molecule has 1 atom stereocenters. The lowest BCUT2D eigenvalue weighted by atomic mass is 10.1. The fraction of sp³-hybridized carbons (Fsp3) is 0.263. The van der Waals surface area contributed by atoms with E-state index in [2.05, 4.69) is 15.3 Å². The minimum atomic E-state index is -0.696. The predicted octanol–water partition coefficient (Wildman–Crippen LogP) is 2.37. The SMILES string of the molecule is COc1ccccc1/C=C1\SC(=S)N([C@H](C)C(=O)NCCc2cnc[nH]2)C1=O. The van der Waals surface area contributed by atoms with E-state index in [1.165, 1.54) is 16.7 Å². The van der Waals surface area contributed by atoms with Gasteiger partial charge in [-0.05, 0) is 19.1 Å². The molecule has 1 fully saturated rings. The number of ether oxygens (including phenoxy) is 1. The summed E-state index contributed by atoms with van der Waals surface area (Å²) < 4.78 is 5.69. The Morgan fingerprint density at radius 3 is 2.96 bits per heavy atom. The first kappa shape index (κ1) is 20.1. The van der Waals surface area contributed by atoms with E-state index < -0.39 is 6.04 Å². The van der Waals surface area contributed by atoms with E-state index in [9.17, 15) is 9.59 Å². The minimum Gasteiger partial charge on any atom is -0.496 e.